The van der Waals surface area contributed by atoms with Crippen LogP contribution in [0.25, 0.3) is 0 Å². The number of hydrogen-bond acceptors (Lipinski definition) is 2. The Morgan fingerprint density at radius 3 is 2.71 bits per heavy atom. The lowest BCUT2D eigenvalue weighted by Crippen LogP contribution is -2.41. The van der Waals surface area contributed by atoms with E-state index < -0.39 is 0 Å². The van der Waals surface area contributed by atoms with Gasteiger partial charge in [0.15, 0.2) is 0 Å². The predicted octanol–water partition coefficient (Wildman–Crippen LogP) is 3.02. The Hall–Kier alpha value is -1.02. The second kappa shape index (κ2) is 6.06. The van der Waals surface area contributed by atoms with Crippen molar-refractivity contribution in [3.8, 4) is 5.75 Å². The minimum absolute atomic E-state index is 0.616. The number of ether oxygens (including phenoxy) is 1. The first-order chi connectivity index (χ1) is 8.35. The maximum atomic E-state index is 5.43. The van der Waals surface area contributed by atoms with Crippen LogP contribution in [0.15, 0.2) is 24.3 Å². The summed E-state index contributed by atoms with van der Waals surface area (Å²) in [6.45, 7) is 3.24. The summed E-state index contributed by atoms with van der Waals surface area (Å²) in [4.78, 5) is 0. The summed E-state index contributed by atoms with van der Waals surface area (Å²) in [5, 5.41) is 3.63. The van der Waals surface area contributed by atoms with Gasteiger partial charge in [0.05, 0.1) is 7.11 Å². The van der Waals surface area contributed by atoms with E-state index in [0.717, 1.165) is 24.6 Å². The molecule has 0 bridgehead atoms. The van der Waals surface area contributed by atoms with Gasteiger partial charge in [0.1, 0.15) is 5.75 Å². The topological polar surface area (TPSA) is 21.3 Å². The lowest BCUT2D eigenvalue weighted by atomic mass is 9.77. The molecule has 1 atom stereocenters. The third-order valence-electron chi connectivity index (χ3n) is 3.82. The van der Waals surface area contributed by atoms with Crippen LogP contribution < -0.4 is 10.1 Å². The van der Waals surface area contributed by atoms with E-state index >= 15 is 0 Å². The largest absolute Gasteiger partial charge is 0.496 e. The van der Waals surface area contributed by atoms with E-state index in [1.165, 1.54) is 24.8 Å². The summed E-state index contributed by atoms with van der Waals surface area (Å²) in [5.74, 6) is 1.88. The molecule has 0 amide bonds. The Bertz CT molecular complexity index is 347. The van der Waals surface area contributed by atoms with Gasteiger partial charge < -0.3 is 10.1 Å². The number of para-hydroxylation sites is 1. The summed E-state index contributed by atoms with van der Waals surface area (Å²) in [5.41, 5.74) is 1.33. The monoisotopic (exact) mass is 233 g/mol. The molecule has 94 valence electrons. The molecule has 0 saturated heterocycles. The molecule has 1 unspecified atom stereocenters. The first-order valence-electron chi connectivity index (χ1n) is 6.70. The van der Waals surface area contributed by atoms with Crippen LogP contribution in [-0.2, 0) is 6.42 Å². The molecule has 1 aliphatic carbocycles. The summed E-state index contributed by atoms with van der Waals surface area (Å²) < 4.78 is 5.43. The fourth-order valence-electron chi connectivity index (χ4n) is 2.62. The highest BCUT2D eigenvalue weighted by atomic mass is 16.5. The van der Waals surface area contributed by atoms with E-state index in [2.05, 4.69) is 30.4 Å². The number of hydrogen-bond donors (Lipinski definition) is 1. The number of rotatable bonds is 6. The van der Waals surface area contributed by atoms with Crippen LogP contribution in [0.4, 0.5) is 0 Å². The molecule has 0 heterocycles. The van der Waals surface area contributed by atoms with Gasteiger partial charge in [-0.15, -0.1) is 0 Å². The van der Waals surface area contributed by atoms with Gasteiger partial charge in [0.25, 0.3) is 0 Å². The molecule has 2 rings (SSSR count). The standard InChI is InChI=1S/C15H23NO/c1-3-16-14(12-8-6-9-12)11-13-7-4-5-10-15(13)17-2/h4-5,7,10,12,14,16H,3,6,8-9,11H2,1-2H3. The molecular weight excluding hydrogens is 210 g/mol. The van der Waals surface area contributed by atoms with E-state index in [9.17, 15) is 0 Å². The number of likely N-dealkylation sites (N-methyl/N-ethyl adjacent to an activating group) is 1. The predicted molar refractivity (Wildman–Crippen MR) is 71.5 cm³/mol. The summed E-state index contributed by atoms with van der Waals surface area (Å²) >= 11 is 0. The van der Waals surface area contributed by atoms with Crippen LogP contribution >= 0.6 is 0 Å². The molecule has 1 aromatic rings. The quantitative estimate of drug-likeness (QED) is 0.815. The molecule has 2 nitrogen and oxygen atoms in total. The first kappa shape index (κ1) is 12.4. The molecule has 0 radical (unpaired) electrons. The number of methoxy groups -OCH3 is 1. The van der Waals surface area contributed by atoms with Gasteiger partial charge >= 0.3 is 0 Å². The van der Waals surface area contributed by atoms with E-state index in [4.69, 9.17) is 4.74 Å². The summed E-state index contributed by atoms with van der Waals surface area (Å²) in [6, 6.07) is 8.99. The van der Waals surface area contributed by atoms with Crippen LogP contribution in [0, 0.1) is 5.92 Å². The molecule has 17 heavy (non-hydrogen) atoms. The maximum absolute atomic E-state index is 5.43. The van der Waals surface area contributed by atoms with Crippen LogP contribution in [0.3, 0.4) is 0 Å². The highest BCUT2D eigenvalue weighted by Gasteiger charge is 2.27. The molecule has 1 aliphatic rings. The molecule has 1 fully saturated rings. The number of benzene rings is 1. The van der Waals surface area contributed by atoms with Crippen molar-refractivity contribution < 1.29 is 4.74 Å². The zero-order chi connectivity index (χ0) is 12.1. The molecule has 0 aromatic heterocycles. The normalized spacial score (nSPS) is 17.5. The van der Waals surface area contributed by atoms with Gasteiger partial charge in [-0.2, -0.15) is 0 Å². The van der Waals surface area contributed by atoms with Crippen molar-refractivity contribution in [2.75, 3.05) is 13.7 Å². The Labute approximate surface area is 104 Å². The van der Waals surface area contributed by atoms with Crippen molar-refractivity contribution in [3.05, 3.63) is 29.8 Å². The van der Waals surface area contributed by atoms with Crippen LogP contribution in [0.1, 0.15) is 31.7 Å². The molecule has 1 N–H and O–H groups in total. The lowest BCUT2D eigenvalue weighted by molar-refractivity contribution is 0.228. The van der Waals surface area contributed by atoms with Gasteiger partial charge in [-0.1, -0.05) is 31.5 Å². The van der Waals surface area contributed by atoms with E-state index in [-0.39, 0.29) is 0 Å². The highest BCUT2D eigenvalue weighted by Crippen LogP contribution is 2.32. The zero-order valence-corrected chi connectivity index (χ0v) is 10.9. The van der Waals surface area contributed by atoms with Gasteiger partial charge in [-0.3, -0.25) is 0 Å². The fourth-order valence-corrected chi connectivity index (χ4v) is 2.62. The van der Waals surface area contributed by atoms with Crippen molar-refractivity contribution >= 4 is 0 Å². The molecular formula is C15H23NO. The van der Waals surface area contributed by atoms with Crippen molar-refractivity contribution in [1.82, 2.24) is 5.32 Å². The van der Waals surface area contributed by atoms with E-state index in [0.29, 0.717) is 6.04 Å². The smallest absolute Gasteiger partial charge is 0.122 e. The average Bonchev–Trinajstić information content (AvgIpc) is 2.28. The molecule has 1 aromatic carbocycles. The Kier molecular flexibility index (Phi) is 4.43. The SMILES string of the molecule is CCNC(Cc1ccccc1OC)C1CCC1. The van der Waals surface area contributed by atoms with Gasteiger partial charge in [0.2, 0.25) is 0 Å². The van der Waals surface area contributed by atoms with Crippen molar-refractivity contribution in [3.63, 3.8) is 0 Å². The molecule has 1 saturated carbocycles. The fraction of sp³-hybridized carbons (Fsp3) is 0.600. The minimum atomic E-state index is 0.616. The van der Waals surface area contributed by atoms with Gasteiger partial charge in [-0.05, 0) is 43.4 Å². The summed E-state index contributed by atoms with van der Waals surface area (Å²) in [6.07, 6.45) is 5.25. The van der Waals surface area contributed by atoms with Crippen molar-refractivity contribution in [1.29, 1.82) is 0 Å². The number of nitrogens with one attached hydrogen (secondary N) is 1. The lowest BCUT2D eigenvalue weighted by Gasteiger charge is -2.34. The molecule has 0 spiro atoms. The van der Waals surface area contributed by atoms with Crippen LogP contribution in [0.2, 0.25) is 0 Å². The second-order valence-electron chi connectivity index (χ2n) is 4.87. The van der Waals surface area contributed by atoms with Crippen molar-refractivity contribution in [2.24, 2.45) is 5.92 Å². The average molecular weight is 233 g/mol. The second-order valence-corrected chi connectivity index (χ2v) is 4.87. The van der Waals surface area contributed by atoms with Crippen LogP contribution in [-0.4, -0.2) is 19.7 Å². The maximum Gasteiger partial charge on any atom is 0.122 e. The van der Waals surface area contributed by atoms with E-state index in [1.54, 1.807) is 7.11 Å². The first-order valence-corrected chi connectivity index (χ1v) is 6.70. The summed E-state index contributed by atoms with van der Waals surface area (Å²) in [7, 11) is 1.75. The minimum Gasteiger partial charge on any atom is -0.496 e. The molecule has 0 aliphatic heterocycles. The Morgan fingerprint density at radius 1 is 1.35 bits per heavy atom. The van der Waals surface area contributed by atoms with E-state index in [1.807, 2.05) is 6.07 Å². The third-order valence-corrected chi connectivity index (χ3v) is 3.82. The van der Waals surface area contributed by atoms with Gasteiger partial charge in [0, 0.05) is 6.04 Å². The Balaban J connectivity index is 2.05. The Morgan fingerprint density at radius 2 is 2.12 bits per heavy atom. The zero-order valence-electron chi connectivity index (χ0n) is 10.9. The van der Waals surface area contributed by atoms with Gasteiger partial charge in [-0.25, -0.2) is 0 Å². The van der Waals surface area contributed by atoms with Crippen molar-refractivity contribution in [2.45, 2.75) is 38.6 Å². The highest BCUT2D eigenvalue weighted by molar-refractivity contribution is 5.34. The third kappa shape index (κ3) is 3.01. The molecule has 2 heteroatoms. The van der Waals surface area contributed by atoms with Crippen LogP contribution in [0.5, 0.6) is 5.75 Å².